The molecule has 1 aliphatic carbocycles. The summed E-state index contributed by atoms with van der Waals surface area (Å²) in [6, 6.07) is 9.48. The Balaban J connectivity index is 0.000000926. The predicted molar refractivity (Wildman–Crippen MR) is 156 cm³/mol. The first kappa shape index (κ1) is 32.1. The molecule has 1 saturated carbocycles. The van der Waals surface area contributed by atoms with Gasteiger partial charge in [-0.15, -0.1) is 0 Å². The minimum absolute atomic E-state index is 0.0348. The molecule has 8 heteroatoms. The summed E-state index contributed by atoms with van der Waals surface area (Å²) in [6.07, 6.45) is 6.38. The zero-order valence-electron chi connectivity index (χ0n) is 23.2. The maximum absolute atomic E-state index is 14.9. The Labute approximate surface area is 237 Å². The molecule has 3 N–H and O–H groups in total. The van der Waals surface area contributed by atoms with E-state index in [0.29, 0.717) is 34.5 Å². The predicted octanol–water partition coefficient (Wildman–Crippen LogP) is 7.85. The van der Waals surface area contributed by atoms with E-state index in [1.807, 2.05) is 6.92 Å². The van der Waals surface area contributed by atoms with E-state index in [1.54, 1.807) is 30.3 Å². The summed E-state index contributed by atoms with van der Waals surface area (Å²) >= 11 is 12.1. The van der Waals surface area contributed by atoms with E-state index in [0.717, 1.165) is 31.2 Å². The third kappa shape index (κ3) is 10.5. The summed E-state index contributed by atoms with van der Waals surface area (Å²) in [7, 11) is 0. The van der Waals surface area contributed by atoms with Gasteiger partial charge in [-0.05, 0) is 54.0 Å². The molecule has 2 amide bonds. The van der Waals surface area contributed by atoms with E-state index in [-0.39, 0.29) is 23.5 Å². The molecule has 38 heavy (non-hydrogen) atoms. The molecule has 1 aliphatic rings. The first-order valence-electron chi connectivity index (χ1n) is 13.4. The quantitative estimate of drug-likeness (QED) is 0.257. The van der Waals surface area contributed by atoms with E-state index in [9.17, 15) is 14.0 Å². The molecular formula is C30H42Cl2FN3O2. The standard InChI is InChI=1S/C25H30Cl2FN3O2.C5H12/c1-2-19(20-9-6-10-21(27)23(20)28)24(25(33)31-18-7-4-3-5-8-18)29-14-16-11-12-17(26)13-22(16)30-15-32;1-5(2,3)4/h6,9-13,15,18-19,24,29H,2-5,7-8,14H2,1H3,(H,30,32)(H,31,33);1-4H3/t19?,24-;/m1./s1. The molecule has 1 unspecified atom stereocenters. The largest absolute Gasteiger partial charge is 0.352 e. The molecule has 210 valence electrons. The van der Waals surface area contributed by atoms with E-state index in [1.165, 1.54) is 12.5 Å². The van der Waals surface area contributed by atoms with Gasteiger partial charge in [0.15, 0.2) is 0 Å². The van der Waals surface area contributed by atoms with Crippen molar-refractivity contribution in [3.05, 3.63) is 63.4 Å². The van der Waals surface area contributed by atoms with Crippen molar-refractivity contribution < 1.29 is 14.0 Å². The van der Waals surface area contributed by atoms with Crippen LogP contribution in [0.25, 0.3) is 0 Å². The molecule has 0 radical (unpaired) electrons. The molecular weight excluding hydrogens is 524 g/mol. The van der Waals surface area contributed by atoms with Crippen LogP contribution in [0.4, 0.5) is 10.1 Å². The zero-order chi connectivity index (χ0) is 28.3. The number of benzene rings is 2. The maximum Gasteiger partial charge on any atom is 0.237 e. The maximum atomic E-state index is 14.9. The molecule has 3 rings (SSSR count). The highest BCUT2D eigenvalue weighted by Gasteiger charge is 2.32. The zero-order valence-corrected chi connectivity index (χ0v) is 24.7. The van der Waals surface area contributed by atoms with Crippen molar-refractivity contribution in [1.29, 1.82) is 0 Å². The number of nitrogens with one attached hydrogen (secondary N) is 3. The fourth-order valence-corrected chi connectivity index (χ4v) is 4.87. The lowest BCUT2D eigenvalue weighted by Gasteiger charge is -2.31. The number of anilines is 1. The number of halogens is 3. The lowest BCUT2D eigenvalue weighted by atomic mass is 9.87. The van der Waals surface area contributed by atoms with Gasteiger partial charge in [-0.2, -0.15) is 0 Å². The van der Waals surface area contributed by atoms with Crippen LogP contribution in [-0.2, 0) is 16.1 Å². The molecule has 0 heterocycles. The molecule has 0 aromatic heterocycles. The van der Waals surface area contributed by atoms with Crippen molar-refractivity contribution in [2.75, 3.05) is 5.32 Å². The molecule has 0 saturated heterocycles. The van der Waals surface area contributed by atoms with Gasteiger partial charge < -0.3 is 16.0 Å². The van der Waals surface area contributed by atoms with Gasteiger partial charge in [0, 0.05) is 29.2 Å². The Kier molecular flexibility index (Phi) is 13.0. The second-order valence-electron chi connectivity index (χ2n) is 11.4. The second kappa shape index (κ2) is 15.4. The fourth-order valence-electron chi connectivity index (χ4n) is 4.52. The van der Waals surface area contributed by atoms with E-state index < -0.39 is 17.8 Å². The molecule has 5 nitrogen and oxygen atoms in total. The van der Waals surface area contributed by atoms with Crippen molar-refractivity contribution in [3.63, 3.8) is 0 Å². The second-order valence-corrected chi connectivity index (χ2v) is 12.3. The first-order chi connectivity index (χ1) is 17.9. The van der Waals surface area contributed by atoms with Gasteiger partial charge in [-0.3, -0.25) is 9.59 Å². The topological polar surface area (TPSA) is 70.2 Å². The minimum Gasteiger partial charge on any atom is -0.352 e. The fraction of sp³-hybridized carbons (Fsp3) is 0.533. The van der Waals surface area contributed by atoms with Crippen LogP contribution in [0.15, 0.2) is 36.4 Å². The van der Waals surface area contributed by atoms with Crippen LogP contribution in [0.2, 0.25) is 10.0 Å². The van der Waals surface area contributed by atoms with Crippen LogP contribution >= 0.6 is 23.2 Å². The van der Waals surface area contributed by atoms with Gasteiger partial charge in [0.25, 0.3) is 0 Å². The number of amides is 2. The molecule has 0 spiro atoms. The highest BCUT2D eigenvalue weighted by molar-refractivity contribution is 6.31. The third-order valence-corrected chi connectivity index (χ3v) is 6.78. The van der Waals surface area contributed by atoms with Gasteiger partial charge in [0.05, 0.1) is 11.1 Å². The summed E-state index contributed by atoms with van der Waals surface area (Å²) < 4.78 is 14.9. The van der Waals surface area contributed by atoms with Gasteiger partial charge >= 0.3 is 0 Å². The van der Waals surface area contributed by atoms with E-state index in [4.69, 9.17) is 23.2 Å². The smallest absolute Gasteiger partial charge is 0.237 e. The summed E-state index contributed by atoms with van der Waals surface area (Å²) in [5.74, 6) is -1.09. The molecule has 0 aliphatic heterocycles. The van der Waals surface area contributed by atoms with Crippen molar-refractivity contribution in [2.45, 2.75) is 97.7 Å². The summed E-state index contributed by atoms with van der Waals surface area (Å²) in [5, 5.41) is 9.66. The first-order valence-corrected chi connectivity index (χ1v) is 14.2. The van der Waals surface area contributed by atoms with Crippen LogP contribution in [0.3, 0.4) is 0 Å². The molecule has 2 atom stereocenters. The van der Waals surface area contributed by atoms with Crippen LogP contribution in [0.5, 0.6) is 0 Å². The van der Waals surface area contributed by atoms with Gasteiger partial charge in [-0.25, -0.2) is 4.39 Å². The van der Waals surface area contributed by atoms with Gasteiger partial charge in [0.2, 0.25) is 12.3 Å². The summed E-state index contributed by atoms with van der Waals surface area (Å²) in [4.78, 5) is 24.5. The van der Waals surface area contributed by atoms with Crippen molar-refractivity contribution in [2.24, 2.45) is 5.41 Å². The average Bonchev–Trinajstić information content (AvgIpc) is 2.84. The van der Waals surface area contributed by atoms with Crippen LogP contribution in [-0.4, -0.2) is 24.4 Å². The summed E-state index contributed by atoms with van der Waals surface area (Å²) in [6.45, 7) is 11.0. The monoisotopic (exact) mass is 565 g/mol. The third-order valence-electron chi connectivity index (χ3n) is 6.26. The van der Waals surface area contributed by atoms with Gasteiger partial charge in [0.1, 0.15) is 5.82 Å². The summed E-state index contributed by atoms with van der Waals surface area (Å²) in [5.41, 5.74) is 2.23. The number of hydrogen-bond donors (Lipinski definition) is 3. The van der Waals surface area contributed by atoms with Crippen LogP contribution < -0.4 is 16.0 Å². The van der Waals surface area contributed by atoms with E-state index in [2.05, 4.69) is 43.6 Å². The minimum atomic E-state index is -0.690. The van der Waals surface area contributed by atoms with Crippen LogP contribution in [0.1, 0.15) is 90.2 Å². The van der Waals surface area contributed by atoms with Crippen molar-refractivity contribution in [1.82, 2.24) is 10.6 Å². The Hall–Kier alpha value is -2.15. The SMILES string of the molecule is CC(C)(C)C.CCC(c1cccc(Cl)c1F)[C@@H](NCc1ccc(Cl)cc1NC=O)C(=O)NC1CCCCC1. The Morgan fingerprint density at radius 3 is 2.37 bits per heavy atom. The molecule has 2 aromatic carbocycles. The number of rotatable bonds is 10. The number of carbonyl (C=O) groups excluding carboxylic acids is 2. The van der Waals surface area contributed by atoms with Crippen LogP contribution in [0, 0.1) is 11.2 Å². The highest BCUT2D eigenvalue weighted by Crippen LogP contribution is 2.31. The van der Waals surface area contributed by atoms with Crippen molar-refractivity contribution >= 4 is 41.2 Å². The van der Waals surface area contributed by atoms with Gasteiger partial charge in [-0.1, -0.05) is 95.3 Å². The number of hydrogen-bond acceptors (Lipinski definition) is 3. The molecule has 1 fully saturated rings. The van der Waals surface area contributed by atoms with E-state index >= 15 is 0 Å². The Morgan fingerprint density at radius 2 is 1.76 bits per heavy atom. The average molecular weight is 567 g/mol. The Morgan fingerprint density at radius 1 is 1.11 bits per heavy atom. The molecule has 2 aromatic rings. The van der Waals surface area contributed by atoms with Crippen molar-refractivity contribution in [3.8, 4) is 0 Å². The normalized spacial score (nSPS) is 15.6. The number of carbonyl (C=O) groups is 2. The lowest BCUT2D eigenvalue weighted by molar-refractivity contribution is -0.124. The lowest BCUT2D eigenvalue weighted by Crippen LogP contribution is -2.51. The highest BCUT2D eigenvalue weighted by atomic mass is 35.5. The molecule has 0 bridgehead atoms. The Bertz CT molecular complexity index is 1050.